The molecule has 0 aliphatic heterocycles. The van der Waals surface area contributed by atoms with Crippen molar-refractivity contribution in [1.82, 2.24) is 14.5 Å². The maximum Gasteiger partial charge on any atom is 0.160 e. The predicted octanol–water partition coefficient (Wildman–Crippen LogP) is 5.14. The van der Waals surface area contributed by atoms with E-state index in [0.717, 1.165) is 22.0 Å². The van der Waals surface area contributed by atoms with Crippen LogP contribution >= 0.6 is 0 Å². The van der Waals surface area contributed by atoms with Gasteiger partial charge in [0.05, 0.1) is 11.0 Å². The Bertz CT molecular complexity index is 1310. The number of hydrogen-bond donors (Lipinski definition) is 1. The molecule has 0 atom stereocenters. The largest absolute Gasteiger partial charge is 0.506 e. The summed E-state index contributed by atoms with van der Waals surface area (Å²) in [4.78, 5) is 9.44. The summed E-state index contributed by atoms with van der Waals surface area (Å²) in [7, 11) is 0. The zero-order chi connectivity index (χ0) is 19.1. The summed E-state index contributed by atoms with van der Waals surface area (Å²) in [6, 6.07) is 23.5. The molecule has 136 valence electrons. The molecule has 0 saturated carbocycles. The van der Waals surface area contributed by atoms with E-state index >= 15 is 0 Å². The predicted molar refractivity (Wildman–Crippen MR) is 108 cm³/mol. The Morgan fingerprint density at radius 1 is 0.821 bits per heavy atom. The van der Waals surface area contributed by atoms with Gasteiger partial charge < -0.3 is 9.67 Å². The lowest BCUT2D eigenvalue weighted by molar-refractivity contribution is 0.480. The zero-order valence-electron chi connectivity index (χ0n) is 14.9. The van der Waals surface area contributed by atoms with Crippen LogP contribution in [-0.4, -0.2) is 19.6 Å². The van der Waals surface area contributed by atoms with Crippen molar-refractivity contribution in [3.8, 4) is 17.3 Å². The van der Waals surface area contributed by atoms with Gasteiger partial charge in [0, 0.05) is 11.9 Å². The molecule has 1 N–H and O–H groups in total. The summed E-state index contributed by atoms with van der Waals surface area (Å²) < 4.78 is 15.4. The van der Waals surface area contributed by atoms with Gasteiger partial charge in [0.25, 0.3) is 0 Å². The van der Waals surface area contributed by atoms with Gasteiger partial charge in [-0.25, -0.2) is 14.4 Å². The van der Waals surface area contributed by atoms with Crippen LogP contribution in [0.4, 0.5) is 4.39 Å². The van der Waals surface area contributed by atoms with Crippen molar-refractivity contribution in [3.63, 3.8) is 0 Å². The third-order valence-electron chi connectivity index (χ3n) is 4.84. The van der Waals surface area contributed by atoms with Crippen molar-refractivity contribution in [2.24, 2.45) is 0 Å². The van der Waals surface area contributed by atoms with Gasteiger partial charge in [-0.2, -0.15) is 0 Å². The number of fused-ring (bicyclic) bond motifs is 2. The van der Waals surface area contributed by atoms with Crippen molar-refractivity contribution < 1.29 is 9.50 Å². The summed E-state index contributed by atoms with van der Waals surface area (Å²) in [5.41, 5.74) is 4.02. The lowest BCUT2D eigenvalue weighted by atomic mass is 10.2. The minimum atomic E-state index is -0.258. The highest BCUT2D eigenvalue weighted by atomic mass is 19.1. The monoisotopic (exact) mass is 369 g/mol. The molecule has 0 aliphatic rings. The second-order valence-electron chi connectivity index (χ2n) is 6.68. The molecule has 5 rings (SSSR count). The van der Waals surface area contributed by atoms with Gasteiger partial charge in [-0.15, -0.1) is 0 Å². The standard InChI is InChI=1S/C23H16FN3O/c24-17-11-8-15(9-12-17)14-27-20-6-2-1-5-18(20)26-23(27)19-13-10-16-4-3-7-21(28)22(16)25-19/h1-13,28H,14H2. The number of aromatic hydroxyl groups is 1. The maximum atomic E-state index is 13.3. The summed E-state index contributed by atoms with van der Waals surface area (Å²) in [5.74, 6) is 0.586. The number of halogens is 1. The van der Waals surface area contributed by atoms with Gasteiger partial charge >= 0.3 is 0 Å². The topological polar surface area (TPSA) is 50.9 Å². The maximum absolute atomic E-state index is 13.3. The molecule has 0 bridgehead atoms. The zero-order valence-corrected chi connectivity index (χ0v) is 14.9. The number of phenols is 1. The summed E-state index contributed by atoms with van der Waals surface area (Å²) in [5, 5.41) is 11.1. The van der Waals surface area contributed by atoms with Gasteiger partial charge in [0.2, 0.25) is 0 Å². The second kappa shape index (κ2) is 6.46. The molecule has 0 saturated heterocycles. The van der Waals surface area contributed by atoms with E-state index in [4.69, 9.17) is 4.98 Å². The number of imidazole rings is 1. The van der Waals surface area contributed by atoms with Crippen LogP contribution in [0.2, 0.25) is 0 Å². The Kier molecular flexibility index (Phi) is 3.79. The van der Waals surface area contributed by atoms with Crippen LogP contribution in [0.25, 0.3) is 33.5 Å². The second-order valence-corrected chi connectivity index (χ2v) is 6.68. The lowest BCUT2D eigenvalue weighted by Gasteiger charge is -2.10. The van der Waals surface area contributed by atoms with E-state index < -0.39 is 0 Å². The molecule has 3 aromatic carbocycles. The normalized spacial score (nSPS) is 11.3. The molecule has 2 heterocycles. The molecule has 4 nitrogen and oxygen atoms in total. The van der Waals surface area contributed by atoms with Crippen LogP contribution in [0, 0.1) is 5.82 Å². The van der Waals surface area contributed by atoms with Crippen LogP contribution in [0.3, 0.4) is 0 Å². The van der Waals surface area contributed by atoms with Gasteiger partial charge in [0.15, 0.2) is 5.82 Å². The number of benzene rings is 3. The molecular weight excluding hydrogens is 353 g/mol. The van der Waals surface area contributed by atoms with E-state index in [9.17, 15) is 9.50 Å². The number of nitrogens with zero attached hydrogens (tertiary/aromatic N) is 3. The Balaban J connectivity index is 1.71. The van der Waals surface area contributed by atoms with E-state index in [1.54, 1.807) is 24.3 Å². The first-order valence-electron chi connectivity index (χ1n) is 8.98. The quantitative estimate of drug-likeness (QED) is 0.479. The molecule has 5 aromatic rings. The average Bonchev–Trinajstić information content (AvgIpc) is 3.08. The van der Waals surface area contributed by atoms with Crippen molar-refractivity contribution in [2.45, 2.75) is 6.54 Å². The van der Waals surface area contributed by atoms with Crippen molar-refractivity contribution in [2.75, 3.05) is 0 Å². The van der Waals surface area contributed by atoms with E-state index in [0.29, 0.717) is 23.6 Å². The molecule has 28 heavy (non-hydrogen) atoms. The van der Waals surface area contributed by atoms with E-state index in [2.05, 4.69) is 9.55 Å². The highest BCUT2D eigenvalue weighted by molar-refractivity contribution is 5.87. The van der Waals surface area contributed by atoms with Crippen LogP contribution in [0.15, 0.2) is 78.9 Å². The van der Waals surface area contributed by atoms with Gasteiger partial charge in [0.1, 0.15) is 22.8 Å². The summed E-state index contributed by atoms with van der Waals surface area (Å²) >= 11 is 0. The smallest absolute Gasteiger partial charge is 0.160 e. The fraction of sp³-hybridized carbons (Fsp3) is 0.0435. The van der Waals surface area contributed by atoms with E-state index in [1.165, 1.54) is 12.1 Å². The van der Waals surface area contributed by atoms with Crippen molar-refractivity contribution in [3.05, 3.63) is 90.2 Å². The molecule has 0 amide bonds. The summed E-state index contributed by atoms with van der Waals surface area (Å²) in [6.45, 7) is 0.538. The molecule has 0 unspecified atom stereocenters. The van der Waals surface area contributed by atoms with Gasteiger partial charge in [-0.3, -0.25) is 0 Å². The average molecular weight is 369 g/mol. The fourth-order valence-electron chi connectivity index (χ4n) is 3.46. The highest BCUT2D eigenvalue weighted by Gasteiger charge is 2.15. The first-order valence-corrected chi connectivity index (χ1v) is 8.98. The molecule has 5 heteroatoms. The van der Waals surface area contributed by atoms with Crippen LogP contribution in [-0.2, 0) is 6.54 Å². The fourth-order valence-corrected chi connectivity index (χ4v) is 3.46. The Morgan fingerprint density at radius 3 is 2.50 bits per heavy atom. The highest BCUT2D eigenvalue weighted by Crippen LogP contribution is 2.29. The molecule has 0 aliphatic carbocycles. The third kappa shape index (κ3) is 2.77. The molecular formula is C23H16FN3O. The lowest BCUT2D eigenvalue weighted by Crippen LogP contribution is -2.03. The first-order chi connectivity index (χ1) is 13.7. The van der Waals surface area contributed by atoms with Crippen LogP contribution < -0.4 is 0 Å². The SMILES string of the molecule is Oc1cccc2ccc(-c3nc4ccccc4n3Cc3ccc(F)cc3)nc12. The minimum absolute atomic E-state index is 0.139. The molecule has 2 aromatic heterocycles. The number of phenolic OH excluding ortho intramolecular Hbond substituents is 1. The summed E-state index contributed by atoms with van der Waals surface area (Å²) in [6.07, 6.45) is 0. The number of para-hydroxylation sites is 3. The number of pyridine rings is 1. The van der Waals surface area contributed by atoms with Gasteiger partial charge in [-0.05, 0) is 42.0 Å². The van der Waals surface area contributed by atoms with Crippen LogP contribution in [0.1, 0.15) is 5.56 Å². The molecule has 0 radical (unpaired) electrons. The third-order valence-corrected chi connectivity index (χ3v) is 4.84. The van der Waals surface area contributed by atoms with Crippen molar-refractivity contribution >= 4 is 21.9 Å². The number of rotatable bonds is 3. The first kappa shape index (κ1) is 16.4. The van der Waals surface area contributed by atoms with Gasteiger partial charge in [-0.1, -0.05) is 42.5 Å². The van der Waals surface area contributed by atoms with Crippen LogP contribution in [0.5, 0.6) is 5.75 Å². The molecule has 0 fully saturated rings. The van der Waals surface area contributed by atoms with Crippen molar-refractivity contribution in [1.29, 1.82) is 0 Å². The number of aromatic nitrogens is 3. The Hall–Kier alpha value is -3.73. The Labute approximate surface area is 160 Å². The number of hydrogen-bond acceptors (Lipinski definition) is 3. The Morgan fingerprint density at radius 2 is 1.64 bits per heavy atom. The van der Waals surface area contributed by atoms with E-state index in [1.807, 2.05) is 42.5 Å². The van der Waals surface area contributed by atoms with E-state index in [-0.39, 0.29) is 11.6 Å². The minimum Gasteiger partial charge on any atom is -0.506 e. The molecule has 0 spiro atoms.